The van der Waals surface area contributed by atoms with Crippen LogP contribution in [0.2, 0.25) is 5.02 Å². The van der Waals surface area contributed by atoms with Crippen molar-refractivity contribution in [3.05, 3.63) is 76.8 Å². The molecule has 0 aromatic heterocycles. The highest BCUT2D eigenvalue weighted by atomic mass is 35.5. The SMILES string of the molecule is COc1ccc(N([C@H](C)C(=O)Nc2ccccc2C(=O)NCCc2ccc(OC)c(OC)c2)S(C)(=O)=O)cc1Cl. The van der Waals surface area contributed by atoms with Crippen molar-refractivity contribution < 1.29 is 32.2 Å². The number of hydrogen-bond donors (Lipinski definition) is 2. The van der Waals surface area contributed by atoms with Gasteiger partial charge in [0.05, 0.1) is 49.5 Å². The quantitative estimate of drug-likeness (QED) is 0.325. The number of nitrogens with one attached hydrogen (secondary N) is 2. The summed E-state index contributed by atoms with van der Waals surface area (Å²) in [6, 6.07) is 15.2. The van der Waals surface area contributed by atoms with Gasteiger partial charge in [-0.15, -0.1) is 0 Å². The van der Waals surface area contributed by atoms with Crippen molar-refractivity contribution in [2.75, 3.05) is 43.8 Å². The molecule has 0 fully saturated rings. The van der Waals surface area contributed by atoms with Gasteiger partial charge >= 0.3 is 0 Å². The van der Waals surface area contributed by atoms with Gasteiger partial charge in [-0.3, -0.25) is 13.9 Å². The highest BCUT2D eigenvalue weighted by Gasteiger charge is 2.30. The lowest BCUT2D eigenvalue weighted by molar-refractivity contribution is -0.116. The Morgan fingerprint density at radius 3 is 2.20 bits per heavy atom. The second kappa shape index (κ2) is 13.4. The van der Waals surface area contributed by atoms with Crippen LogP contribution in [0.25, 0.3) is 0 Å². The Kier molecular flexibility index (Phi) is 10.2. The molecule has 1 atom stereocenters. The monoisotopic (exact) mass is 589 g/mol. The number of halogens is 1. The lowest BCUT2D eigenvalue weighted by atomic mass is 10.1. The number of para-hydroxylation sites is 1. The molecule has 0 saturated carbocycles. The molecule has 2 amide bonds. The minimum atomic E-state index is -3.89. The molecule has 0 bridgehead atoms. The zero-order valence-corrected chi connectivity index (χ0v) is 24.4. The number of methoxy groups -OCH3 is 3. The summed E-state index contributed by atoms with van der Waals surface area (Å²) in [5, 5.41) is 5.73. The highest BCUT2D eigenvalue weighted by molar-refractivity contribution is 7.92. The van der Waals surface area contributed by atoms with E-state index in [-0.39, 0.29) is 22.0 Å². The van der Waals surface area contributed by atoms with Gasteiger partial charge in [-0.2, -0.15) is 0 Å². The fraction of sp³-hybridized carbons (Fsp3) is 0.286. The molecule has 12 heteroatoms. The first kappa shape index (κ1) is 30.6. The van der Waals surface area contributed by atoms with Crippen LogP contribution in [0.3, 0.4) is 0 Å². The van der Waals surface area contributed by atoms with Crippen LogP contribution in [0.4, 0.5) is 11.4 Å². The second-order valence-corrected chi connectivity index (χ2v) is 11.1. The number of carbonyl (C=O) groups excluding carboxylic acids is 2. The van der Waals surface area contributed by atoms with Gasteiger partial charge < -0.3 is 24.8 Å². The Hall–Kier alpha value is -3.96. The van der Waals surface area contributed by atoms with Crippen LogP contribution in [0.1, 0.15) is 22.8 Å². The molecule has 0 aliphatic carbocycles. The number of benzene rings is 3. The number of ether oxygens (including phenoxy) is 3. The molecule has 0 spiro atoms. The number of amides is 2. The van der Waals surface area contributed by atoms with Crippen LogP contribution in [0.15, 0.2) is 60.7 Å². The predicted octanol–water partition coefficient (Wildman–Crippen LogP) is 4.13. The molecule has 3 aromatic rings. The molecule has 0 aliphatic rings. The molecule has 3 rings (SSSR count). The second-order valence-electron chi connectivity index (χ2n) is 8.78. The highest BCUT2D eigenvalue weighted by Crippen LogP contribution is 2.32. The maximum atomic E-state index is 13.2. The summed E-state index contributed by atoms with van der Waals surface area (Å²) in [6.07, 6.45) is 1.53. The van der Waals surface area contributed by atoms with E-state index in [0.29, 0.717) is 30.2 Å². The van der Waals surface area contributed by atoms with E-state index in [1.54, 1.807) is 44.6 Å². The standard InChI is InChI=1S/C28H32ClN3O7S/c1-18(32(40(5,35)36)20-11-13-24(37-2)22(29)17-20)27(33)31-23-9-7-6-8-21(23)28(34)30-15-14-19-10-12-25(38-3)26(16-19)39-4/h6-13,16-18H,14-15H2,1-5H3,(H,30,34)(H,31,33)/t18-/m1/s1. The van der Waals surface area contributed by atoms with E-state index in [1.807, 2.05) is 12.1 Å². The van der Waals surface area contributed by atoms with Crippen LogP contribution in [0, 0.1) is 0 Å². The van der Waals surface area contributed by atoms with Gasteiger partial charge in [-0.1, -0.05) is 29.8 Å². The molecular weight excluding hydrogens is 558 g/mol. The molecule has 10 nitrogen and oxygen atoms in total. The molecule has 0 heterocycles. The van der Waals surface area contributed by atoms with E-state index in [4.69, 9.17) is 25.8 Å². The largest absolute Gasteiger partial charge is 0.495 e. The minimum absolute atomic E-state index is 0.191. The fourth-order valence-electron chi connectivity index (χ4n) is 4.08. The Morgan fingerprint density at radius 1 is 0.925 bits per heavy atom. The molecule has 0 radical (unpaired) electrons. The Labute approximate surface area is 239 Å². The Bertz CT molecular complexity index is 1480. The maximum Gasteiger partial charge on any atom is 0.253 e. The van der Waals surface area contributed by atoms with Gasteiger partial charge in [0.2, 0.25) is 15.9 Å². The Morgan fingerprint density at radius 2 is 1.57 bits per heavy atom. The molecule has 3 aromatic carbocycles. The number of sulfonamides is 1. The summed E-state index contributed by atoms with van der Waals surface area (Å²) >= 11 is 6.20. The predicted molar refractivity (Wildman–Crippen MR) is 155 cm³/mol. The summed E-state index contributed by atoms with van der Waals surface area (Å²) in [5.41, 5.74) is 1.60. The van der Waals surface area contributed by atoms with Gasteiger partial charge in [-0.05, 0) is 61.4 Å². The van der Waals surface area contributed by atoms with Crippen LogP contribution in [-0.4, -0.2) is 60.4 Å². The number of rotatable bonds is 12. The first-order valence-corrected chi connectivity index (χ1v) is 14.4. The average Bonchev–Trinajstić information content (AvgIpc) is 2.92. The lowest BCUT2D eigenvalue weighted by Crippen LogP contribution is -2.45. The van der Waals surface area contributed by atoms with E-state index in [2.05, 4.69) is 10.6 Å². The van der Waals surface area contributed by atoms with Crippen LogP contribution >= 0.6 is 11.6 Å². The third-order valence-electron chi connectivity index (χ3n) is 6.06. The van der Waals surface area contributed by atoms with Crippen LogP contribution in [-0.2, 0) is 21.2 Å². The van der Waals surface area contributed by atoms with Crippen molar-refractivity contribution in [1.82, 2.24) is 5.32 Å². The van der Waals surface area contributed by atoms with Gasteiger partial charge in [0, 0.05) is 6.54 Å². The molecule has 214 valence electrons. The van der Waals surface area contributed by atoms with Gasteiger partial charge in [0.1, 0.15) is 11.8 Å². The smallest absolute Gasteiger partial charge is 0.253 e. The number of hydrogen-bond acceptors (Lipinski definition) is 7. The van der Waals surface area contributed by atoms with E-state index in [0.717, 1.165) is 16.1 Å². The first-order valence-electron chi connectivity index (χ1n) is 12.2. The molecule has 2 N–H and O–H groups in total. The molecule has 40 heavy (non-hydrogen) atoms. The Balaban J connectivity index is 1.73. The number of carbonyl (C=O) groups is 2. The summed E-state index contributed by atoms with van der Waals surface area (Å²) in [4.78, 5) is 26.2. The topological polar surface area (TPSA) is 123 Å². The normalized spacial score (nSPS) is 11.8. The zero-order valence-electron chi connectivity index (χ0n) is 22.9. The fourth-order valence-corrected chi connectivity index (χ4v) is 5.50. The van der Waals surface area contributed by atoms with Gasteiger partial charge in [0.15, 0.2) is 11.5 Å². The summed E-state index contributed by atoms with van der Waals surface area (Å²) in [6.45, 7) is 1.77. The third-order valence-corrected chi connectivity index (χ3v) is 7.59. The summed E-state index contributed by atoms with van der Waals surface area (Å²) in [5.74, 6) is 0.531. The molecule has 0 unspecified atom stereocenters. The summed E-state index contributed by atoms with van der Waals surface area (Å²) in [7, 11) is 0.661. The van der Waals surface area contributed by atoms with E-state index in [9.17, 15) is 18.0 Å². The number of anilines is 2. The van der Waals surface area contributed by atoms with Crippen molar-refractivity contribution in [2.45, 2.75) is 19.4 Å². The van der Waals surface area contributed by atoms with Gasteiger partial charge in [0.25, 0.3) is 5.91 Å². The van der Waals surface area contributed by atoms with E-state index >= 15 is 0 Å². The maximum absolute atomic E-state index is 13.2. The number of nitrogens with zero attached hydrogens (tertiary/aromatic N) is 1. The van der Waals surface area contributed by atoms with Crippen LogP contribution < -0.4 is 29.1 Å². The van der Waals surface area contributed by atoms with Crippen molar-refractivity contribution >= 4 is 44.8 Å². The molecule has 0 saturated heterocycles. The van der Waals surface area contributed by atoms with Crippen molar-refractivity contribution in [3.63, 3.8) is 0 Å². The van der Waals surface area contributed by atoms with E-state index < -0.39 is 27.9 Å². The summed E-state index contributed by atoms with van der Waals surface area (Å²) < 4.78 is 42.0. The lowest BCUT2D eigenvalue weighted by Gasteiger charge is -2.28. The van der Waals surface area contributed by atoms with Crippen molar-refractivity contribution in [3.8, 4) is 17.2 Å². The van der Waals surface area contributed by atoms with Crippen molar-refractivity contribution in [2.24, 2.45) is 0 Å². The third kappa shape index (κ3) is 7.36. The zero-order chi connectivity index (χ0) is 29.4. The van der Waals surface area contributed by atoms with E-state index in [1.165, 1.54) is 32.2 Å². The van der Waals surface area contributed by atoms with Crippen molar-refractivity contribution in [1.29, 1.82) is 0 Å². The first-order chi connectivity index (χ1) is 19.0. The minimum Gasteiger partial charge on any atom is -0.495 e. The molecular formula is C28H32ClN3O7S. The van der Waals surface area contributed by atoms with Crippen LogP contribution in [0.5, 0.6) is 17.2 Å². The molecule has 0 aliphatic heterocycles. The average molecular weight is 590 g/mol. The van der Waals surface area contributed by atoms with Gasteiger partial charge in [-0.25, -0.2) is 8.42 Å².